The Morgan fingerprint density at radius 3 is 2.70 bits per heavy atom. The molecule has 4 nitrogen and oxygen atoms in total. The zero-order valence-electron chi connectivity index (χ0n) is 10.6. The molecule has 0 aliphatic rings. The molecular weight excluding hydrogens is 275 g/mol. The van der Waals surface area contributed by atoms with Crippen LogP contribution in [0.3, 0.4) is 0 Å². The third-order valence-electron chi connectivity index (χ3n) is 2.48. The zero-order chi connectivity index (χ0) is 15.2. The van der Waals surface area contributed by atoms with Crippen molar-refractivity contribution in [1.29, 1.82) is 0 Å². The summed E-state index contributed by atoms with van der Waals surface area (Å²) in [5, 5.41) is 8.92. The molecule has 0 amide bonds. The summed E-state index contributed by atoms with van der Waals surface area (Å²) >= 11 is 0. The summed E-state index contributed by atoms with van der Waals surface area (Å²) in [6, 6.07) is 0.619. The number of rotatable bonds is 7. The van der Waals surface area contributed by atoms with E-state index in [2.05, 4.69) is 11.6 Å². The number of aromatic carboxylic acids is 1. The van der Waals surface area contributed by atoms with Gasteiger partial charge in [0.15, 0.2) is 0 Å². The smallest absolute Gasteiger partial charge is 0.417 e. The highest BCUT2D eigenvalue weighted by Crippen LogP contribution is 2.34. The molecule has 1 aromatic rings. The Kier molecular flexibility index (Phi) is 5.54. The Bertz CT molecular complexity index is 486. The van der Waals surface area contributed by atoms with Gasteiger partial charge in [0.1, 0.15) is 5.56 Å². The van der Waals surface area contributed by atoms with E-state index in [1.54, 1.807) is 6.08 Å². The van der Waals surface area contributed by atoms with Crippen molar-refractivity contribution in [3.05, 3.63) is 36.0 Å². The van der Waals surface area contributed by atoms with Crippen LogP contribution in [0.25, 0.3) is 0 Å². The van der Waals surface area contributed by atoms with E-state index in [-0.39, 0.29) is 6.61 Å². The van der Waals surface area contributed by atoms with E-state index < -0.39 is 29.2 Å². The van der Waals surface area contributed by atoms with Crippen LogP contribution in [0, 0.1) is 0 Å². The standard InChI is InChI=1S/C13H14F3NO3/c1-2-3-4-5-8-20-11-10(12(18)19)9(6-7-17-11)13(14,15)16/h2,6-7H,1,3-5,8H2,(H,18,19). The first-order valence-corrected chi connectivity index (χ1v) is 5.91. The monoisotopic (exact) mass is 289 g/mol. The molecule has 0 fully saturated rings. The van der Waals surface area contributed by atoms with Gasteiger partial charge in [-0.05, 0) is 25.3 Å². The highest BCUT2D eigenvalue weighted by Gasteiger charge is 2.37. The molecule has 0 unspecified atom stereocenters. The number of pyridine rings is 1. The summed E-state index contributed by atoms with van der Waals surface area (Å²) < 4.78 is 43.2. The maximum atomic E-state index is 12.7. The number of allylic oxidation sites excluding steroid dienone is 1. The number of hydrogen-bond donors (Lipinski definition) is 1. The third-order valence-corrected chi connectivity index (χ3v) is 2.48. The maximum Gasteiger partial charge on any atom is 0.417 e. The fourth-order valence-electron chi connectivity index (χ4n) is 1.55. The van der Waals surface area contributed by atoms with Crippen molar-refractivity contribution in [2.45, 2.75) is 25.4 Å². The van der Waals surface area contributed by atoms with Crippen molar-refractivity contribution in [3.8, 4) is 5.88 Å². The average molecular weight is 289 g/mol. The number of unbranched alkanes of at least 4 members (excludes halogenated alkanes) is 2. The predicted octanol–water partition coefficient (Wildman–Crippen LogP) is 3.53. The minimum absolute atomic E-state index is 0.0996. The number of aromatic nitrogens is 1. The van der Waals surface area contributed by atoms with Crippen LogP contribution in [0.15, 0.2) is 24.9 Å². The van der Waals surface area contributed by atoms with Crippen LogP contribution in [0.2, 0.25) is 0 Å². The molecule has 0 saturated carbocycles. The molecule has 0 bridgehead atoms. The van der Waals surface area contributed by atoms with Crippen LogP contribution in [0.4, 0.5) is 13.2 Å². The molecule has 0 spiro atoms. The Morgan fingerprint density at radius 1 is 1.45 bits per heavy atom. The minimum atomic E-state index is -4.77. The molecule has 0 aliphatic heterocycles. The Balaban J connectivity index is 2.90. The van der Waals surface area contributed by atoms with Crippen LogP contribution in [-0.4, -0.2) is 22.7 Å². The number of nitrogens with zero attached hydrogens (tertiary/aromatic N) is 1. The van der Waals surface area contributed by atoms with Gasteiger partial charge in [0, 0.05) is 6.20 Å². The van der Waals surface area contributed by atoms with Crippen LogP contribution in [-0.2, 0) is 6.18 Å². The molecule has 0 aromatic carbocycles. The molecule has 1 rings (SSSR count). The van der Waals surface area contributed by atoms with Crippen molar-refractivity contribution < 1.29 is 27.8 Å². The Hall–Kier alpha value is -2.05. The second-order valence-electron chi connectivity index (χ2n) is 3.97. The number of hydrogen-bond acceptors (Lipinski definition) is 3. The number of carbonyl (C=O) groups is 1. The predicted molar refractivity (Wildman–Crippen MR) is 65.7 cm³/mol. The molecule has 110 valence electrons. The van der Waals surface area contributed by atoms with E-state index in [0.717, 1.165) is 19.0 Å². The van der Waals surface area contributed by atoms with Gasteiger partial charge < -0.3 is 9.84 Å². The number of ether oxygens (including phenoxy) is 1. The van der Waals surface area contributed by atoms with Gasteiger partial charge in [-0.15, -0.1) is 6.58 Å². The molecule has 0 radical (unpaired) electrons. The topological polar surface area (TPSA) is 59.4 Å². The lowest BCUT2D eigenvalue weighted by Crippen LogP contribution is -2.16. The van der Waals surface area contributed by atoms with Crippen LogP contribution < -0.4 is 4.74 Å². The zero-order valence-corrected chi connectivity index (χ0v) is 10.6. The largest absolute Gasteiger partial charge is 0.477 e. The van der Waals surface area contributed by atoms with E-state index in [4.69, 9.17) is 9.84 Å². The summed E-state index contributed by atoms with van der Waals surface area (Å²) in [5.41, 5.74) is -2.22. The Morgan fingerprint density at radius 2 is 2.15 bits per heavy atom. The van der Waals surface area contributed by atoms with Gasteiger partial charge >= 0.3 is 12.1 Å². The lowest BCUT2D eigenvalue weighted by molar-refractivity contribution is -0.138. The van der Waals surface area contributed by atoms with E-state index >= 15 is 0 Å². The molecule has 20 heavy (non-hydrogen) atoms. The number of carboxylic acid groups (broad SMARTS) is 1. The van der Waals surface area contributed by atoms with E-state index in [0.29, 0.717) is 12.5 Å². The average Bonchev–Trinajstić information content (AvgIpc) is 2.37. The molecule has 1 N–H and O–H groups in total. The molecule has 1 aromatic heterocycles. The summed E-state index contributed by atoms with van der Waals surface area (Å²) in [6.45, 7) is 3.64. The first-order chi connectivity index (χ1) is 9.38. The Labute approximate surface area is 113 Å². The lowest BCUT2D eigenvalue weighted by Gasteiger charge is -2.13. The normalized spacial score (nSPS) is 11.2. The number of carboxylic acids is 1. The van der Waals surface area contributed by atoms with Gasteiger partial charge in [-0.1, -0.05) is 6.08 Å². The minimum Gasteiger partial charge on any atom is -0.477 e. The van der Waals surface area contributed by atoms with Crippen LogP contribution in [0.5, 0.6) is 5.88 Å². The van der Waals surface area contributed by atoms with Crippen molar-refractivity contribution in [2.24, 2.45) is 0 Å². The number of alkyl halides is 3. The molecule has 0 saturated heterocycles. The van der Waals surface area contributed by atoms with Crippen LogP contribution in [0.1, 0.15) is 35.2 Å². The SMILES string of the molecule is C=CCCCCOc1nccc(C(F)(F)F)c1C(=O)O. The van der Waals surface area contributed by atoms with E-state index in [9.17, 15) is 18.0 Å². The summed E-state index contributed by atoms with van der Waals surface area (Å²) in [5.74, 6) is -2.22. The summed E-state index contributed by atoms with van der Waals surface area (Å²) in [4.78, 5) is 14.6. The van der Waals surface area contributed by atoms with Gasteiger partial charge in [-0.2, -0.15) is 13.2 Å². The molecule has 7 heteroatoms. The van der Waals surface area contributed by atoms with Crippen molar-refractivity contribution in [2.75, 3.05) is 6.61 Å². The van der Waals surface area contributed by atoms with Gasteiger partial charge in [-0.25, -0.2) is 9.78 Å². The maximum absolute atomic E-state index is 12.7. The second kappa shape index (κ2) is 6.93. The van der Waals surface area contributed by atoms with E-state index in [1.807, 2.05) is 0 Å². The highest BCUT2D eigenvalue weighted by atomic mass is 19.4. The van der Waals surface area contributed by atoms with Crippen LogP contribution >= 0.6 is 0 Å². The van der Waals surface area contributed by atoms with Crippen molar-refractivity contribution >= 4 is 5.97 Å². The molecular formula is C13H14F3NO3. The molecule has 1 heterocycles. The van der Waals surface area contributed by atoms with Gasteiger partial charge in [0.05, 0.1) is 12.2 Å². The third kappa shape index (κ3) is 4.25. The van der Waals surface area contributed by atoms with Gasteiger partial charge in [0.25, 0.3) is 0 Å². The summed E-state index contributed by atoms with van der Waals surface area (Å²) in [6.07, 6.45) is -0.0871. The molecule has 0 atom stereocenters. The van der Waals surface area contributed by atoms with E-state index in [1.165, 1.54) is 0 Å². The first-order valence-electron chi connectivity index (χ1n) is 5.91. The number of halogens is 3. The van der Waals surface area contributed by atoms with Crippen molar-refractivity contribution in [3.63, 3.8) is 0 Å². The van der Waals surface area contributed by atoms with Crippen molar-refractivity contribution in [1.82, 2.24) is 4.98 Å². The summed E-state index contributed by atoms with van der Waals surface area (Å²) in [7, 11) is 0. The lowest BCUT2D eigenvalue weighted by atomic mass is 10.1. The molecule has 0 aliphatic carbocycles. The second-order valence-corrected chi connectivity index (χ2v) is 3.97. The first kappa shape index (κ1) is 16.0. The van der Waals surface area contributed by atoms with Gasteiger partial charge in [0.2, 0.25) is 5.88 Å². The van der Waals surface area contributed by atoms with Gasteiger partial charge in [-0.3, -0.25) is 0 Å². The highest BCUT2D eigenvalue weighted by molar-refractivity contribution is 5.92. The quantitative estimate of drug-likeness (QED) is 0.616. The fraction of sp³-hybridized carbons (Fsp3) is 0.385. The fourth-order valence-corrected chi connectivity index (χ4v) is 1.55.